The molecular weight excluding hydrogens is 226 g/mol. The van der Waals surface area contributed by atoms with Gasteiger partial charge in [0, 0.05) is 12.6 Å². The molecule has 1 aliphatic carbocycles. The van der Waals surface area contributed by atoms with Crippen molar-refractivity contribution in [3.63, 3.8) is 0 Å². The highest BCUT2D eigenvalue weighted by molar-refractivity contribution is 4.81. The molecule has 1 aliphatic heterocycles. The molecule has 1 heterocycles. The van der Waals surface area contributed by atoms with Gasteiger partial charge in [-0.3, -0.25) is 0 Å². The summed E-state index contributed by atoms with van der Waals surface area (Å²) in [6, 6.07) is 0.637. The van der Waals surface area contributed by atoms with Crippen LogP contribution in [-0.2, 0) is 4.74 Å². The molecule has 2 atom stereocenters. The van der Waals surface area contributed by atoms with E-state index in [4.69, 9.17) is 4.74 Å². The van der Waals surface area contributed by atoms with Gasteiger partial charge in [-0.2, -0.15) is 0 Å². The van der Waals surface area contributed by atoms with E-state index in [1.165, 1.54) is 12.8 Å². The van der Waals surface area contributed by atoms with Crippen LogP contribution in [0.25, 0.3) is 0 Å². The molecule has 2 aliphatic rings. The summed E-state index contributed by atoms with van der Waals surface area (Å²) < 4.78 is 5.80. The molecule has 2 unspecified atom stereocenters. The predicted octanol–water partition coefficient (Wildman–Crippen LogP) is 2.33. The highest BCUT2D eigenvalue weighted by Gasteiger charge is 2.26. The van der Waals surface area contributed by atoms with Crippen LogP contribution in [0.1, 0.15) is 52.4 Å². The van der Waals surface area contributed by atoms with E-state index in [0.29, 0.717) is 18.1 Å². The Labute approximate surface area is 111 Å². The van der Waals surface area contributed by atoms with Gasteiger partial charge in [0.15, 0.2) is 0 Å². The first-order valence-corrected chi connectivity index (χ1v) is 7.68. The zero-order valence-corrected chi connectivity index (χ0v) is 11.9. The maximum Gasteiger partial charge on any atom is 0.0612 e. The maximum absolute atomic E-state index is 9.50. The van der Waals surface area contributed by atoms with Crippen molar-refractivity contribution in [1.82, 2.24) is 5.32 Å². The van der Waals surface area contributed by atoms with E-state index in [9.17, 15) is 5.11 Å². The molecule has 0 aromatic carbocycles. The molecule has 1 saturated heterocycles. The molecule has 0 aromatic rings. The van der Waals surface area contributed by atoms with Crippen LogP contribution in [0.2, 0.25) is 0 Å². The van der Waals surface area contributed by atoms with Gasteiger partial charge in [0.1, 0.15) is 0 Å². The van der Waals surface area contributed by atoms with Crippen molar-refractivity contribution in [3.05, 3.63) is 0 Å². The monoisotopic (exact) mass is 255 g/mol. The lowest BCUT2D eigenvalue weighted by Crippen LogP contribution is -2.43. The summed E-state index contributed by atoms with van der Waals surface area (Å²) in [7, 11) is 0. The van der Waals surface area contributed by atoms with Crippen molar-refractivity contribution >= 4 is 0 Å². The third kappa shape index (κ3) is 4.22. The first-order valence-electron chi connectivity index (χ1n) is 7.68. The largest absolute Gasteiger partial charge is 0.393 e. The second-order valence-corrected chi connectivity index (χ2v) is 6.46. The van der Waals surface area contributed by atoms with Crippen molar-refractivity contribution in [2.24, 2.45) is 11.8 Å². The minimum absolute atomic E-state index is 0.0327. The Balaban J connectivity index is 1.67. The predicted molar refractivity (Wildman–Crippen MR) is 73.6 cm³/mol. The molecule has 18 heavy (non-hydrogen) atoms. The zero-order valence-electron chi connectivity index (χ0n) is 11.9. The quantitative estimate of drug-likeness (QED) is 0.810. The van der Waals surface area contributed by atoms with Crippen LogP contribution in [0.15, 0.2) is 0 Å². The summed E-state index contributed by atoms with van der Waals surface area (Å²) in [5, 5.41) is 13.2. The van der Waals surface area contributed by atoms with Crippen molar-refractivity contribution in [2.75, 3.05) is 13.2 Å². The zero-order chi connectivity index (χ0) is 13.0. The fraction of sp³-hybridized carbons (Fsp3) is 1.00. The van der Waals surface area contributed by atoms with E-state index in [1.807, 2.05) is 0 Å². The molecule has 2 fully saturated rings. The standard InChI is InChI=1S/C15H29NO2/c1-11(2)15-9-13(7-8-18-15)16-10-12-3-5-14(17)6-4-12/h11-17H,3-10H2,1-2H3. The molecule has 106 valence electrons. The lowest BCUT2D eigenvalue weighted by Gasteiger charge is -2.34. The molecule has 2 rings (SSSR count). The Hall–Kier alpha value is -0.120. The number of rotatable bonds is 4. The van der Waals surface area contributed by atoms with Crippen LogP contribution >= 0.6 is 0 Å². The fourth-order valence-corrected chi connectivity index (χ4v) is 3.16. The Morgan fingerprint density at radius 2 is 1.89 bits per heavy atom. The average Bonchev–Trinajstić information content (AvgIpc) is 2.38. The second kappa shape index (κ2) is 6.88. The van der Waals surface area contributed by atoms with Gasteiger partial charge in [-0.1, -0.05) is 13.8 Å². The normalized spacial score (nSPS) is 38.0. The lowest BCUT2D eigenvalue weighted by molar-refractivity contribution is -0.0251. The van der Waals surface area contributed by atoms with E-state index in [1.54, 1.807) is 0 Å². The molecular formula is C15H29NO2. The number of hydrogen-bond donors (Lipinski definition) is 2. The summed E-state index contributed by atoms with van der Waals surface area (Å²) in [5.74, 6) is 1.40. The summed E-state index contributed by atoms with van der Waals surface area (Å²) in [6.45, 7) is 6.53. The van der Waals surface area contributed by atoms with Gasteiger partial charge in [-0.15, -0.1) is 0 Å². The lowest BCUT2D eigenvalue weighted by atomic mass is 9.87. The highest BCUT2D eigenvalue weighted by atomic mass is 16.5. The minimum atomic E-state index is -0.0327. The van der Waals surface area contributed by atoms with Crippen LogP contribution in [0, 0.1) is 11.8 Å². The molecule has 3 nitrogen and oxygen atoms in total. The number of aliphatic hydroxyl groups excluding tert-OH is 1. The van der Waals surface area contributed by atoms with E-state index >= 15 is 0 Å². The van der Waals surface area contributed by atoms with Gasteiger partial charge in [-0.05, 0) is 56.9 Å². The van der Waals surface area contributed by atoms with E-state index in [2.05, 4.69) is 19.2 Å². The molecule has 0 aromatic heterocycles. The van der Waals surface area contributed by atoms with Crippen LogP contribution in [0.4, 0.5) is 0 Å². The molecule has 2 N–H and O–H groups in total. The second-order valence-electron chi connectivity index (χ2n) is 6.46. The number of ether oxygens (including phenoxy) is 1. The smallest absolute Gasteiger partial charge is 0.0612 e. The van der Waals surface area contributed by atoms with Gasteiger partial charge in [0.2, 0.25) is 0 Å². The number of hydrogen-bond acceptors (Lipinski definition) is 3. The summed E-state index contributed by atoms with van der Waals surface area (Å²) in [5.41, 5.74) is 0. The molecule has 3 heteroatoms. The van der Waals surface area contributed by atoms with Crippen molar-refractivity contribution in [3.8, 4) is 0 Å². The summed E-state index contributed by atoms with van der Waals surface area (Å²) in [6.07, 6.45) is 7.07. The van der Waals surface area contributed by atoms with Gasteiger partial charge < -0.3 is 15.2 Å². The van der Waals surface area contributed by atoms with Crippen LogP contribution in [0.5, 0.6) is 0 Å². The van der Waals surface area contributed by atoms with Gasteiger partial charge >= 0.3 is 0 Å². The summed E-state index contributed by atoms with van der Waals surface area (Å²) >= 11 is 0. The third-order valence-corrected chi connectivity index (χ3v) is 4.57. The van der Waals surface area contributed by atoms with E-state index in [0.717, 1.165) is 44.8 Å². The van der Waals surface area contributed by atoms with Crippen molar-refractivity contribution in [2.45, 2.75) is 70.6 Å². The maximum atomic E-state index is 9.50. The average molecular weight is 255 g/mol. The van der Waals surface area contributed by atoms with Gasteiger partial charge in [-0.25, -0.2) is 0 Å². The van der Waals surface area contributed by atoms with Crippen molar-refractivity contribution < 1.29 is 9.84 Å². The Bertz CT molecular complexity index is 237. The molecule has 0 bridgehead atoms. The topological polar surface area (TPSA) is 41.5 Å². The fourth-order valence-electron chi connectivity index (χ4n) is 3.16. The van der Waals surface area contributed by atoms with E-state index in [-0.39, 0.29) is 6.10 Å². The number of nitrogens with one attached hydrogen (secondary N) is 1. The minimum Gasteiger partial charge on any atom is -0.393 e. The highest BCUT2D eigenvalue weighted by Crippen LogP contribution is 2.25. The van der Waals surface area contributed by atoms with Gasteiger partial charge in [0.05, 0.1) is 12.2 Å². The molecule has 0 amide bonds. The first-order chi connectivity index (χ1) is 8.65. The Morgan fingerprint density at radius 3 is 2.56 bits per heavy atom. The van der Waals surface area contributed by atoms with Crippen LogP contribution < -0.4 is 5.32 Å². The van der Waals surface area contributed by atoms with Crippen LogP contribution in [0.3, 0.4) is 0 Å². The van der Waals surface area contributed by atoms with Gasteiger partial charge in [0.25, 0.3) is 0 Å². The first kappa shape index (κ1) is 14.3. The molecule has 0 radical (unpaired) electrons. The SMILES string of the molecule is CC(C)C1CC(NCC2CCC(O)CC2)CCO1. The molecule has 0 spiro atoms. The summed E-state index contributed by atoms with van der Waals surface area (Å²) in [4.78, 5) is 0. The van der Waals surface area contributed by atoms with E-state index < -0.39 is 0 Å². The number of aliphatic hydroxyl groups is 1. The Morgan fingerprint density at radius 1 is 1.17 bits per heavy atom. The Kier molecular flexibility index (Phi) is 5.46. The van der Waals surface area contributed by atoms with Crippen LogP contribution in [-0.4, -0.2) is 36.5 Å². The third-order valence-electron chi connectivity index (χ3n) is 4.57. The molecule has 1 saturated carbocycles. The van der Waals surface area contributed by atoms with Crippen molar-refractivity contribution in [1.29, 1.82) is 0 Å².